The van der Waals surface area contributed by atoms with Gasteiger partial charge in [-0.3, -0.25) is 0 Å². The van der Waals surface area contributed by atoms with Crippen LogP contribution < -0.4 is 17.0 Å². The van der Waals surface area contributed by atoms with Crippen molar-refractivity contribution in [3.63, 3.8) is 0 Å². The van der Waals surface area contributed by atoms with E-state index in [4.69, 9.17) is 0 Å². The summed E-state index contributed by atoms with van der Waals surface area (Å²) in [5.74, 6) is 0. The fourth-order valence-corrected chi connectivity index (χ4v) is 0.638. The summed E-state index contributed by atoms with van der Waals surface area (Å²) in [5, 5.41) is 0. The monoisotopic (exact) mass is 186 g/mol. The van der Waals surface area contributed by atoms with E-state index in [1.807, 2.05) is 21.7 Å². The van der Waals surface area contributed by atoms with Crippen LogP contribution in [0.2, 0.25) is 4.55 Å². The summed E-state index contributed by atoms with van der Waals surface area (Å²) in [6.45, 7) is 2.16. The minimum atomic E-state index is 0. The van der Waals surface area contributed by atoms with E-state index < -0.39 is 0 Å². The predicted molar refractivity (Wildman–Crippen MR) is 34.6 cm³/mol. The van der Waals surface area contributed by atoms with Crippen molar-refractivity contribution in [2.45, 2.75) is 24.3 Å². The zero-order valence-electron chi connectivity index (χ0n) is 5.36. The van der Waals surface area contributed by atoms with E-state index in [2.05, 4.69) is 19.1 Å². The van der Waals surface area contributed by atoms with Gasteiger partial charge in [-0.05, 0) is 0 Å². The largest absolute Gasteiger partial charge is 1.00 e. The molecule has 0 amide bonds. The van der Waals surface area contributed by atoms with Gasteiger partial charge in [0.2, 0.25) is 0 Å². The molecule has 0 aliphatic rings. The first-order chi connectivity index (χ1) is 3.41. The van der Waals surface area contributed by atoms with Crippen molar-refractivity contribution in [3.8, 4) is 0 Å². The Balaban J connectivity index is 0. The van der Waals surface area contributed by atoms with Crippen molar-refractivity contribution >= 4 is 21.7 Å². The van der Waals surface area contributed by atoms with E-state index in [1.54, 1.807) is 0 Å². The first-order valence-corrected chi connectivity index (χ1v) is 3.86. The van der Waals surface area contributed by atoms with Gasteiger partial charge in [-0.1, -0.05) is 0 Å². The normalized spacial score (nSPS) is 9.38. The Morgan fingerprint density at radius 1 is 1.38 bits per heavy atom. The summed E-state index contributed by atoms with van der Waals surface area (Å²) >= 11 is 2.03. The minimum Gasteiger partial charge on any atom is -1.00 e. The summed E-state index contributed by atoms with van der Waals surface area (Å²) in [5.41, 5.74) is 0. The Morgan fingerprint density at radius 3 is 2.38 bits per heavy atom. The number of allylic oxidation sites excluding steroid dienone is 2. The van der Waals surface area contributed by atoms with Gasteiger partial charge < -0.3 is 17.0 Å². The van der Waals surface area contributed by atoms with Gasteiger partial charge >= 0.3 is 58.2 Å². The molecular weight excluding hydrogens is 176 g/mol. The van der Waals surface area contributed by atoms with Gasteiger partial charge in [0.05, 0.1) is 0 Å². The first kappa shape index (κ1) is 11.7. The molecule has 0 aromatic rings. The number of hydrogen-bond acceptors (Lipinski definition) is 0. The van der Waals surface area contributed by atoms with Gasteiger partial charge in [0, 0.05) is 0 Å². The molecule has 0 saturated heterocycles. The van der Waals surface area contributed by atoms with E-state index in [0.29, 0.717) is 0 Å². The second-order valence-electron chi connectivity index (χ2n) is 1.52. The van der Waals surface area contributed by atoms with Gasteiger partial charge in [0.1, 0.15) is 0 Å². The summed E-state index contributed by atoms with van der Waals surface area (Å²) in [6, 6.07) is 0. The second kappa shape index (κ2) is 10.9. The van der Waals surface area contributed by atoms with Crippen molar-refractivity contribution in [2.75, 3.05) is 0 Å². The molecule has 0 N–H and O–H groups in total. The summed E-state index contributed by atoms with van der Waals surface area (Å²) in [4.78, 5) is 0. The average molecular weight is 187 g/mol. The van der Waals surface area contributed by atoms with Crippen molar-refractivity contribution in [1.82, 2.24) is 0 Å². The standard InChI is InChI=1S/C6H11.BrH.Mg/c1-3-5-6-4-2;;/h5-6H,1,3-4H2,2H3;1H;/q;;+1/p-1/b6-5-;;. The van der Waals surface area contributed by atoms with Crippen LogP contribution in [0.4, 0.5) is 0 Å². The van der Waals surface area contributed by atoms with Crippen molar-refractivity contribution in [1.29, 1.82) is 0 Å². The molecule has 0 aromatic heterocycles. The Morgan fingerprint density at radius 2 is 2.00 bits per heavy atom. The van der Waals surface area contributed by atoms with Crippen LogP contribution in [-0.4, -0.2) is 21.7 Å². The smallest absolute Gasteiger partial charge is 1.00 e. The fourth-order valence-electron chi connectivity index (χ4n) is 0.402. The van der Waals surface area contributed by atoms with Crippen LogP contribution in [0.5, 0.6) is 0 Å². The van der Waals surface area contributed by atoms with Crippen LogP contribution in [0, 0.1) is 0 Å². The van der Waals surface area contributed by atoms with Gasteiger partial charge in [-0.2, -0.15) is 0 Å². The Hall–Kier alpha value is 0.986. The van der Waals surface area contributed by atoms with Crippen LogP contribution in [-0.2, 0) is 0 Å². The Labute approximate surface area is 74.9 Å². The predicted octanol–water partition coefficient (Wildman–Crippen LogP) is -1.07. The van der Waals surface area contributed by atoms with Gasteiger partial charge in [-0.25, -0.2) is 0 Å². The van der Waals surface area contributed by atoms with E-state index in [9.17, 15) is 0 Å². The van der Waals surface area contributed by atoms with Crippen LogP contribution in [0.1, 0.15) is 19.8 Å². The van der Waals surface area contributed by atoms with E-state index in [1.165, 1.54) is 17.4 Å². The molecule has 0 atom stereocenters. The van der Waals surface area contributed by atoms with Crippen LogP contribution in [0.25, 0.3) is 0 Å². The van der Waals surface area contributed by atoms with Crippen molar-refractivity contribution in [3.05, 3.63) is 12.2 Å². The third kappa shape index (κ3) is 10.1. The molecule has 0 saturated carbocycles. The molecule has 0 bridgehead atoms. The zero-order valence-corrected chi connectivity index (χ0v) is 8.36. The molecule has 0 spiro atoms. The van der Waals surface area contributed by atoms with E-state index >= 15 is 0 Å². The molecule has 0 fully saturated rings. The van der Waals surface area contributed by atoms with Crippen LogP contribution >= 0.6 is 0 Å². The quantitative estimate of drug-likeness (QED) is 0.390. The molecule has 8 heavy (non-hydrogen) atoms. The number of halogens is 1. The molecule has 2 heteroatoms. The third-order valence-electron chi connectivity index (χ3n) is 0.773. The van der Waals surface area contributed by atoms with Gasteiger partial charge in [-0.15, -0.1) is 0 Å². The van der Waals surface area contributed by atoms with E-state index in [-0.39, 0.29) is 17.0 Å². The first-order valence-electron chi connectivity index (χ1n) is 2.86. The molecule has 0 nitrogen and oxygen atoms in total. The maximum absolute atomic E-state index is 2.24. The summed E-state index contributed by atoms with van der Waals surface area (Å²) in [6.07, 6.45) is 6.90. The number of hydrogen-bond donors (Lipinski definition) is 0. The molecule has 0 unspecified atom stereocenters. The maximum Gasteiger partial charge on any atom is -1.00 e. The minimum absolute atomic E-state index is 0. The fraction of sp³-hybridized carbons (Fsp3) is 0.667. The second-order valence-corrected chi connectivity index (χ2v) is 2.23. The molecule has 0 aliphatic heterocycles. The van der Waals surface area contributed by atoms with Gasteiger partial charge in [0.15, 0.2) is 0 Å². The Bertz CT molecular complexity index is 52.5. The molecule has 0 aliphatic carbocycles. The Kier molecular flexibility index (Phi) is 16.0. The summed E-state index contributed by atoms with van der Waals surface area (Å²) < 4.78 is 1.30. The van der Waals surface area contributed by atoms with Crippen LogP contribution in [0.3, 0.4) is 0 Å². The van der Waals surface area contributed by atoms with Crippen molar-refractivity contribution < 1.29 is 17.0 Å². The zero-order chi connectivity index (χ0) is 5.54. The summed E-state index contributed by atoms with van der Waals surface area (Å²) in [7, 11) is 0. The topological polar surface area (TPSA) is 0 Å². The maximum atomic E-state index is 2.24. The molecule has 44 valence electrons. The van der Waals surface area contributed by atoms with Gasteiger partial charge in [0.25, 0.3) is 0 Å². The molecule has 0 heterocycles. The molecule has 0 rings (SSSR count). The molecule has 0 radical (unpaired) electrons. The molecular formula is C6H11BrMg. The third-order valence-corrected chi connectivity index (χ3v) is 1.18. The van der Waals surface area contributed by atoms with Crippen LogP contribution in [0.15, 0.2) is 12.2 Å². The van der Waals surface area contributed by atoms with E-state index in [0.717, 1.165) is 0 Å². The SMILES string of the molecule is CC/C=C\C[CH2][Mg+].[Br-]. The van der Waals surface area contributed by atoms with Crippen molar-refractivity contribution in [2.24, 2.45) is 0 Å². The molecule has 0 aromatic carbocycles. The average Bonchev–Trinajstić information content (AvgIpc) is 1.69. The number of rotatable bonds is 3.